The molecule has 1 fully saturated rings. The Kier molecular flexibility index (Phi) is 4.45. The molecule has 0 saturated carbocycles. The van der Waals surface area contributed by atoms with E-state index in [9.17, 15) is 0 Å². The van der Waals surface area contributed by atoms with Crippen LogP contribution in [0.5, 0.6) is 0 Å². The first-order valence-corrected chi connectivity index (χ1v) is 9.00. The zero-order chi connectivity index (χ0) is 16.4. The number of hydrogen-bond donors (Lipinski definition) is 0. The number of hydrogen-bond acceptors (Lipinski definition) is 4. The van der Waals surface area contributed by atoms with Crippen LogP contribution >= 0.6 is 15.9 Å². The molecule has 1 aliphatic heterocycles. The van der Waals surface area contributed by atoms with Crippen LogP contribution in [0, 0.1) is 0 Å². The van der Waals surface area contributed by atoms with Gasteiger partial charge in [-0.15, -0.1) is 0 Å². The van der Waals surface area contributed by atoms with E-state index >= 15 is 0 Å². The Morgan fingerprint density at radius 3 is 2.58 bits per heavy atom. The quantitative estimate of drug-likeness (QED) is 0.690. The molecule has 122 valence electrons. The van der Waals surface area contributed by atoms with Gasteiger partial charge < -0.3 is 4.90 Å². The highest BCUT2D eigenvalue weighted by atomic mass is 79.9. The summed E-state index contributed by atoms with van der Waals surface area (Å²) in [6, 6.07) is 14.6. The fraction of sp³-hybridized carbons (Fsp3) is 0.263. The molecule has 24 heavy (non-hydrogen) atoms. The summed E-state index contributed by atoms with van der Waals surface area (Å²) >= 11 is 3.53. The van der Waals surface area contributed by atoms with Crippen LogP contribution in [0.3, 0.4) is 0 Å². The molecule has 0 atom stereocenters. The fourth-order valence-electron chi connectivity index (χ4n) is 3.25. The predicted octanol–water partition coefficient (Wildman–Crippen LogP) is 3.71. The van der Waals surface area contributed by atoms with Crippen molar-refractivity contribution < 1.29 is 0 Å². The van der Waals surface area contributed by atoms with E-state index in [4.69, 9.17) is 0 Å². The first kappa shape index (κ1) is 15.5. The number of piperazine rings is 1. The Bertz CT molecular complexity index is 829. The minimum absolute atomic E-state index is 0.929. The Balaban J connectivity index is 1.48. The highest BCUT2D eigenvalue weighted by Gasteiger charge is 2.19. The summed E-state index contributed by atoms with van der Waals surface area (Å²) < 4.78 is 1.07. The minimum Gasteiger partial charge on any atom is -0.368 e. The first-order valence-electron chi connectivity index (χ1n) is 8.21. The molecule has 3 heterocycles. The van der Waals surface area contributed by atoms with E-state index in [-0.39, 0.29) is 0 Å². The van der Waals surface area contributed by atoms with Crippen molar-refractivity contribution in [2.24, 2.45) is 0 Å². The van der Waals surface area contributed by atoms with Gasteiger partial charge in [0.05, 0.1) is 11.2 Å². The molecule has 3 aromatic rings. The zero-order valence-corrected chi connectivity index (χ0v) is 15.0. The highest BCUT2D eigenvalue weighted by Crippen LogP contribution is 2.28. The summed E-state index contributed by atoms with van der Waals surface area (Å²) in [6.45, 7) is 5.09. The summed E-state index contributed by atoms with van der Waals surface area (Å²) in [5.41, 5.74) is 3.47. The second-order valence-electron chi connectivity index (χ2n) is 6.08. The van der Waals surface area contributed by atoms with Crippen molar-refractivity contribution in [2.75, 3.05) is 31.1 Å². The monoisotopic (exact) mass is 382 g/mol. The summed E-state index contributed by atoms with van der Waals surface area (Å²) in [6.07, 6.45) is 3.77. The molecule has 0 N–H and O–H groups in total. The molecule has 4 nitrogen and oxygen atoms in total. The van der Waals surface area contributed by atoms with Crippen molar-refractivity contribution in [2.45, 2.75) is 6.54 Å². The Hall–Kier alpha value is -1.98. The molecule has 0 unspecified atom stereocenters. The van der Waals surface area contributed by atoms with Crippen molar-refractivity contribution >= 4 is 32.5 Å². The Morgan fingerprint density at radius 2 is 1.79 bits per heavy atom. The van der Waals surface area contributed by atoms with Crippen LogP contribution in [0.1, 0.15) is 5.69 Å². The maximum Gasteiger partial charge on any atom is 0.0734 e. The van der Waals surface area contributed by atoms with Crippen molar-refractivity contribution in [1.29, 1.82) is 0 Å². The number of aromatic nitrogens is 2. The predicted molar refractivity (Wildman–Crippen MR) is 101 cm³/mol. The van der Waals surface area contributed by atoms with E-state index in [1.54, 1.807) is 0 Å². The number of anilines is 1. The van der Waals surface area contributed by atoms with E-state index in [1.807, 2.05) is 18.5 Å². The topological polar surface area (TPSA) is 32.3 Å². The molecule has 0 aliphatic carbocycles. The second kappa shape index (κ2) is 6.87. The van der Waals surface area contributed by atoms with Gasteiger partial charge in [-0.25, -0.2) is 0 Å². The van der Waals surface area contributed by atoms with Gasteiger partial charge in [-0.2, -0.15) is 0 Å². The molecular weight excluding hydrogens is 364 g/mol. The molecule has 1 aromatic carbocycles. The molecule has 5 heteroatoms. The lowest BCUT2D eigenvalue weighted by atomic mass is 10.1. The van der Waals surface area contributed by atoms with Gasteiger partial charge in [-0.05, 0) is 36.4 Å². The highest BCUT2D eigenvalue weighted by molar-refractivity contribution is 9.10. The average Bonchev–Trinajstić information content (AvgIpc) is 2.62. The van der Waals surface area contributed by atoms with Gasteiger partial charge in [0.2, 0.25) is 0 Å². The molecule has 0 bridgehead atoms. The average molecular weight is 383 g/mol. The standard InChI is InChI=1S/C19H19BrN4/c20-15-4-5-17-18(13-15)22-8-6-19(17)24-11-9-23(10-12-24)14-16-3-1-2-7-21-16/h1-8,13H,9-12,14H2. The fourth-order valence-corrected chi connectivity index (χ4v) is 3.60. The lowest BCUT2D eigenvalue weighted by Gasteiger charge is -2.36. The van der Waals surface area contributed by atoms with Gasteiger partial charge in [0.15, 0.2) is 0 Å². The molecule has 1 aliphatic rings. The van der Waals surface area contributed by atoms with Gasteiger partial charge >= 0.3 is 0 Å². The zero-order valence-electron chi connectivity index (χ0n) is 13.4. The van der Waals surface area contributed by atoms with Crippen LogP contribution in [-0.4, -0.2) is 41.0 Å². The maximum atomic E-state index is 4.49. The second-order valence-corrected chi connectivity index (χ2v) is 6.99. The minimum atomic E-state index is 0.929. The van der Waals surface area contributed by atoms with E-state index in [0.717, 1.165) is 48.4 Å². The SMILES string of the molecule is Brc1ccc2c(N3CCN(Cc4ccccn4)CC3)ccnc2c1. The third-order valence-electron chi connectivity index (χ3n) is 4.51. The van der Waals surface area contributed by atoms with Gasteiger partial charge in [0, 0.05) is 60.7 Å². The summed E-state index contributed by atoms with van der Waals surface area (Å²) in [5.74, 6) is 0. The third kappa shape index (κ3) is 3.28. The van der Waals surface area contributed by atoms with E-state index < -0.39 is 0 Å². The summed E-state index contributed by atoms with van der Waals surface area (Å²) in [7, 11) is 0. The molecule has 0 radical (unpaired) electrons. The Morgan fingerprint density at radius 1 is 0.917 bits per heavy atom. The van der Waals surface area contributed by atoms with Gasteiger partial charge in [0.1, 0.15) is 0 Å². The van der Waals surface area contributed by atoms with Crippen LogP contribution in [0.25, 0.3) is 10.9 Å². The van der Waals surface area contributed by atoms with Crippen LogP contribution in [0.2, 0.25) is 0 Å². The number of benzene rings is 1. The van der Waals surface area contributed by atoms with Crippen molar-refractivity contribution in [3.8, 4) is 0 Å². The van der Waals surface area contributed by atoms with Crippen LogP contribution in [0.4, 0.5) is 5.69 Å². The Labute approximate surface area is 150 Å². The normalized spacial score (nSPS) is 15.8. The maximum absolute atomic E-state index is 4.49. The molecule has 0 spiro atoms. The summed E-state index contributed by atoms with van der Waals surface area (Å²) in [5, 5.41) is 1.22. The molecule has 0 amide bonds. The lowest BCUT2D eigenvalue weighted by molar-refractivity contribution is 0.247. The molecule has 2 aromatic heterocycles. The lowest BCUT2D eigenvalue weighted by Crippen LogP contribution is -2.46. The number of nitrogens with zero attached hydrogens (tertiary/aromatic N) is 4. The van der Waals surface area contributed by atoms with Crippen molar-refractivity contribution in [1.82, 2.24) is 14.9 Å². The summed E-state index contributed by atoms with van der Waals surface area (Å²) in [4.78, 5) is 13.9. The van der Waals surface area contributed by atoms with Crippen molar-refractivity contribution in [3.05, 3.63) is 65.0 Å². The number of fused-ring (bicyclic) bond motifs is 1. The van der Waals surface area contributed by atoms with E-state index in [2.05, 4.69) is 72.1 Å². The number of halogens is 1. The van der Waals surface area contributed by atoms with Gasteiger partial charge in [-0.1, -0.05) is 22.0 Å². The smallest absolute Gasteiger partial charge is 0.0734 e. The first-order chi connectivity index (χ1) is 11.8. The molecule has 1 saturated heterocycles. The van der Waals surface area contributed by atoms with E-state index in [1.165, 1.54) is 11.1 Å². The van der Waals surface area contributed by atoms with Crippen LogP contribution in [-0.2, 0) is 6.54 Å². The largest absolute Gasteiger partial charge is 0.368 e. The van der Waals surface area contributed by atoms with Crippen LogP contribution in [0.15, 0.2) is 59.3 Å². The third-order valence-corrected chi connectivity index (χ3v) is 5.00. The van der Waals surface area contributed by atoms with E-state index in [0.29, 0.717) is 0 Å². The van der Waals surface area contributed by atoms with Crippen molar-refractivity contribution in [3.63, 3.8) is 0 Å². The molecule has 4 rings (SSSR count). The van der Waals surface area contributed by atoms with Crippen LogP contribution < -0.4 is 4.90 Å². The number of rotatable bonds is 3. The van der Waals surface area contributed by atoms with Gasteiger partial charge in [0.25, 0.3) is 0 Å². The molecular formula is C19H19BrN4. The number of pyridine rings is 2. The van der Waals surface area contributed by atoms with Gasteiger partial charge in [-0.3, -0.25) is 14.9 Å².